The van der Waals surface area contributed by atoms with E-state index < -0.39 is 0 Å². The highest BCUT2D eigenvalue weighted by Crippen LogP contribution is 2.24. The number of hydrogen-bond acceptors (Lipinski definition) is 4. The van der Waals surface area contributed by atoms with Gasteiger partial charge in [-0.15, -0.1) is 0 Å². The summed E-state index contributed by atoms with van der Waals surface area (Å²) >= 11 is 0. The molecule has 1 aromatic heterocycles. The Labute approximate surface area is 101 Å². The van der Waals surface area contributed by atoms with Crippen molar-refractivity contribution >= 4 is 11.4 Å². The monoisotopic (exact) mass is 231 g/mol. The van der Waals surface area contributed by atoms with E-state index in [4.69, 9.17) is 10.3 Å². The minimum absolute atomic E-state index is 0.685. The van der Waals surface area contributed by atoms with Crippen LogP contribution in [0.2, 0.25) is 0 Å². The first kappa shape index (κ1) is 11.5. The number of nitrogen functional groups attached to an aromatic ring is 1. The van der Waals surface area contributed by atoms with Crippen molar-refractivity contribution in [3.8, 4) is 0 Å². The molecule has 0 spiro atoms. The number of nitrogens with two attached hydrogens (primary N) is 1. The molecule has 17 heavy (non-hydrogen) atoms. The Morgan fingerprint density at radius 2 is 2.06 bits per heavy atom. The Morgan fingerprint density at radius 1 is 1.29 bits per heavy atom. The third-order valence-electron chi connectivity index (χ3n) is 2.67. The maximum atomic E-state index is 6.00. The number of rotatable bonds is 3. The fraction of sp³-hybridized carbons (Fsp3) is 0.308. The Kier molecular flexibility index (Phi) is 3.04. The summed E-state index contributed by atoms with van der Waals surface area (Å²) in [6.07, 6.45) is 0. The molecule has 1 aromatic carbocycles. The average Bonchev–Trinajstić information content (AvgIpc) is 2.63. The van der Waals surface area contributed by atoms with Crippen LogP contribution in [0.1, 0.15) is 17.0 Å². The lowest BCUT2D eigenvalue weighted by Gasteiger charge is -2.20. The van der Waals surface area contributed by atoms with Gasteiger partial charge in [-0.3, -0.25) is 0 Å². The van der Waals surface area contributed by atoms with Crippen LogP contribution in [0.15, 0.2) is 28.8 Å². The third-order valence-corrected chi connectivity index (χ3v) is 2.67. The molecule has 0 unspecified atom stereocenters. The second-order valence-corrected chi connectivity index (χ2v) is 4.35. The topological polar surface area (TPSA) is 55.3 Å². The van der Waals surface area contributed by atoms with Gasteiger partial charge in [0.25, 0.3) is 0 Å². The summed E-state index contributed by atoms with van der Waals surface area (Å²) < 4.78 is 5.04. The van der Waals surface area contributed by atoms with Gasteiger partial charge in [0.2, 0.25) is 0 Å². The van der Waals surface area contributed by atoms with E-state index in [1.54, 1.807) is 0 Å². The zero-order valence-corrected chi connectivity index (χ0v) is 10.4. The van der Waals surface area contributed by atoms with Crippen molar-refractivity contribution in [3.63, 3.8) is 0 Å². The number of nitrogens with zero attached hydrogens (tertiary/aromatic N) is 2. The largest absolute Gasteiger partial charge is 0.397 e. The molecule has 0 saturated heterocycles. The highest BCUT2D eigenvalue weighted by atomic mass is 16.5. The van der Waals surface area contributed by atoms with Crippen molar-refractivity contribution in [2.75, 3.05) is 17.7 Å². The van der Waals surface area contributed by atoms with Crippen molar-refractivity contribution in [2.45, 2.75) is 20.4 Å². The zero-order valence-electron chi connectivity index (χ0n) is 10.4. The van der Waals surface area contributed by atoms with Crippen LogP contribution in [0.5, 0.6) is 0 Å². The summed E-state index contributed by atoms with van der Waals surface area (Å²) in [5.41, 5.74) is 9.86. The molecule has 4 nitrogen and oxygen atoms in total. The van der Waals surface area contributed by atoms with Gasteiger partial charge in [-0.25, -0.2) is 0 Å². The predicted molar refractivity (Wildman–Crippen MR) is 68.9 cm³/mol. The summed E-state index contributed by atoms with van der Waals surface area (Å²) in [5.74, 6) is 0.824. The van der Waals surface area contributed by atoms with Crippen LogP contribution in [-0.2, 0) is 6.54 Å². The standard InChI is InChI=1S/C13H17N3O/c1-9-4-5-13(12(14)6-9)16(3)8-11-7-10(2)17-15-11/h4-7H,8,14H2,1-3H3. The van der Waals surface area contributed by atoms with Crippen molar-refractivity contribution < 1.29 is 4.52 Å². The maximum absolute atomic E-state index is 6.00. The molecule has 90 valence electrons. The predicted octanol–water partition coefficient (Wildman–Crippen LogP) is 2.51. The van der Waals surface area contributed by atoms with Gasteiger partial charge in [-0.1, -0.05) is 11.2 Å². The number of aryl methyl sites for hydroxylation is 2. The molecule has 1 heterocycles. The van der Waals surface area contributed by atoms with E-state index in [0.717, 1.165) is 28.4 Å². The Balaban J connectivity index is 2.17. The van der Waals surface area contributed by atoms with E-state index in [0.29, 0.717) is 6.54 Å². The molecule has 0 atom stereocenters. The van der Waals surface area contributed by atoms with E-state index in [9.17, 15) is 0 Å². The molecule has 0 fully saturated rings. The first-order valence-corrected chi connectivity index (χ1v) is 5.55. The second kappa shape index (κ2) is 4.49. The molecule has 0 bridgehead atoms. The fourth-order valence-electron chi connectivity index (χ4n) is 1.84. The normalized spacial score (nSPS) is 10.5. The smallest absolute Gasteiger partial charge is 0.133 e. The molecule has 0 amide bonds. The van der Waals surface area contributed by atoms with Crippen LogP contribution in [-0.4, -0.2) is 12.2 Å². The van der Waals surface area contributed by atoms with Gasteiger partial charge in [-0.2, -0.15) is 0 Å². The van der Waals surface area contributed by atoms with Gasteiger partial charge >= 0.3 is 0 Å². The van der Waals surface area contributed by atoms with Gasteiger partial charge < -0.3 is 15.2 Å². The lowest BCUT2D eigenvalue weighted by atomic mass is 10.2. The van der Waals surface area contributed by atoms with Crippen LogP contribution < -0.4 is 10.6 Å². The average molecular weight is 231 g/mol. The Morgan fingerprint density at radius 3 is 2.65 bits per heavy atom. The van der Waals surface area contributed by atoms with E-state index in [2.05, 4.69) is 16.1 Å². The summed E-state index contributed by atoms with van der Waals surface area (Å²) in [6.45, 7) is 4.60. The summed E-state index contributed by atoms with van der Waals surface area (Å²) in [5, 5.41) is 3.97. The number of anilines is 2. The van der Waals surface area contributed by atoms with Crippen molar-refractivity contribution in [2.24, 2.45) is 0 Å². The minimum Gasteiger partial charge on any atom is -0.397 e. The van der Waals surface area contributed by atoms with Crippen LogP contribution in [0, 0.1) is 13.8 Å². The number of benzene rings is 1. The maximum Gasteiger partial charge on any atom is 0.133 e. The lowest BCUT2D eigenvalue weighted by molar-refractivity contribution is 0.390. The van der Waals surface area contributed by atoms with E-state index in [-0.39, 0.29) is 0 Å². The highest BCUT2D eigenvalue weighted by Gasteiger charge is 2.08. The Hall–Kier alpha value is -1.97. The molecule has 0 aliphatic heterocycles. The van der Waals surface area contributed by atoms with Gasteiger partial charge in [0.05, 0.1) is 17.9 Å². The molecule has 2 rings (SSSR count). The molecular formula is C13H17N3O. The molecule has 0 aliphatic rings. The lowest BCUT2D eigenvalue weighted by Crippen LogP contribution is -2.18. The second-order valence-electron chi connectivity index (χ2n) is 4.35. The molecule has 4 heteroatoms. The zero-order chi connectivity index (χ0) is 12.4. The summed E-state index contributed by atoms with van der Waals surface area (Å²) in [7, 11) is 1.99. The van der Waals surface area contributed by atoms with Crippen LogP contribution in [0.4, 0.5) is 11.4 Å². The molecular weight excluding hydrogens is 214 g/mol. The van der Waals surface area contributed by atoms with Gasteiger partial charge in [0.1, 0.15) is 11.5 Å². The van der Waals surface area contributed by atoms with Crippen molar-refractivity contribution in [3.05, 3.63) is 41.3 Å². The van der Waals surface area contributed by atoms with Crippen LogP contribution >= 0.6 is 0 Å². The molecule has 0 aliphatic carbocycles. The van der Waals surface area contributed by atoms with E-state index >= 15 is 0 Å². The first-order valence-electron chi connectivity index (χ1n) is 5.55. The number of hydrogen-bond donors (Lipinski definition) is 1. The van der Waals surface area contributed by atoms with E-state index in [1.807, 2.05) is 39.1 Å². The minimum atomic E-state index is 0.685. The molecule has 0 radical (unpaired) electrons. The van der Waals surface area contributed by atoms with Gasteiger partial charge in [0.15, 0.2) is 0 Å². The molecule has 0 saturated carbocycles. The summed E-state index contributed by atoms with van der Waals surface area (Å²) in [4.78, 5) is 2.06. The van der Waals surface area contributed by atoms with Crippen LogP contribution in [0.25, 0.3) is 0 Å². The Bertz CT molecular complexity index is 519. The van der Waals surface area contributed by atoms with Crippen molar-refractivity contribution in [1.82, 2.24) is 5.16 Å². The third kappa shape index (κ3) is 2.58. The van der Waals surface area contributed by atoms with E-state index in [1.165, 1.54) is 0 Å². The molecule has 2 N–H and O–H groups in total. The van der Waals surface area contributed by atoms with Crippen LogP contribution in [0.3, 0.4) is 0 Å². The van der Waals surface area contributed by atoms with Gasteiger partial charge in [-0.05, 0) is 31.5 Å². The van der Waals surface area contributed by atoms with Crippen molar-refractivity contribution in [1.29, 1.82) is 0 Å². The van der Waals surface area contributed by atoms with Gasteiger partial charge in [0, 0.05) is 13.1 Å². The first-order chi connectivity index (χ1) is 8.06. The quantitative estimate of drug-likeness (QED) is 0.825. The fourth-order valence-corrected chi connectivity index (χ4v) is 1.84. The summed E-state index contributed by atoms with van der Waals surface area (Å²) in [6, 6.07) is 7.98. The molecule has 2 aromatic rings. The number of aromatic nitrogens is 1. The highest BCUT2D eigenvalue weighted by molar-refractivity contribution is 5.68. The SMILES string of the molecule is Cc1ccc(N(C)Cc2cc(C)on2)c(N)c1.